The second-order valence-corrected chi connectivity index (χ2v) is 2.90. The molecule has 15 heavy (non-hydrogen) atoms. The molecule has 0 aliphatic rings. The number of ether oxygens (including phenoxy) is 1. The molecule has 1 rings (SSSR count). The van der Waals surface area contributed by atoms with E-state index in [9.17, 15) is 9.90 Å². The standard InChI is InChI=1S/C11H12O4/c1-15-9-6-2-4-8(11(9)14)5-3-7-10(12)13/h2-6,14H,7H2,1H3,(H,12,13). The van der Waals surface area contributed by atoms with Crippen molar-refractivity contribution in [2.45, 2.75) is 6.42 Å². The number of aliphatic carboxylic acids is 1. The number of carboxylic acid groups (broad SMARTS) is 1. The number of hydrogen-bond donors (Lipinski definition) is 2. The van der Waals surface area contributed by atoms with Gasteiger partial charge >= 0.3 is 5.97 Å². The van der Waals surface area contributed by atoms with Gasteiger partial charge in [-0.15, -0.1) is 0 Å². The van der Waals surface area contributed by atoms with E-state index in [4.69, 9.17) is 9.84 Å². The molecular formula is C11H12O4. The second-order valence-electron chi connectivity index (χ2n) is 2.90. The monoisotopic (exact) mass is 208 g/mol. The fraction of sp³-hybridized carbons (Fsp3) is 0.182. The van der Waals surface area contributed by atoms with Crippen LogP contribution in [-0.4, -0.2) is 23.3 Å². The van der Waals surface area contributed by atoms with Crippen LogP contribution in [0.2, 0.25) is 0 Å². The van der Waals surface area contributed by atoms with Crippen LogP contribution in [0.1, 0.15) is 12.0 Å². The third-order valence-electron chi connectivity index (χ3n) is 1.84. The van der Waals surface area contributed by atoms with Crippen LogP contribution in [0.4, 0.5) is 0 Å². The predicted molar refractivity (Wildman–Crippen MR) is 55.9 cm³/mol. The van der Waals surface area contributed by atoms with Crippen molar-refractivity contribution in [3.8, 4) is 11.5 Å². The van der Waals surface area contributed by atoms with Gasteiger partial charge < -0.3 is 14.9 Å². The van der Waals surface area contributed by atoms with E-state index in [-0.39, 0.29) is 12.2 Å². The molecule has 2 N–H and O–H groups in total. The lowest BCUT2D eigenvalue weighted by Gasteiger charge is -2.04. The zero-order chi connectivity index (χ0) is 11.3. The van der Waals surface area contributed by atoms with E-state index in [0.29, 0.717) is 11.3 Å². The smallest absolute Gasteiger partial charge is 0.307 e. The van der Waals surface area contributed by atoms with Crippen LogP contribution in [0.25, 0.3) is 6.08 Å². The predicted octanol–water partition coefficient (Wildman–Crippen LogP) is 1.89. The Kier molecular flexibility index (Phi) is 3.74. The molecule has 0 aromatic heterocycles. The van der Waals surface area contributed by atoms with Crippen molar-refractivity contribution in [3.63, 3.8) is 0 Å². The Bertz CT molecular complexity index is 382. The highest BCUT2D eigenvalue weighted by Crippen LogP contribution is 2.30. The minimum atomic E-state index is -0.909. The lowest BCUT2D eigenvalue weighted by Crippen LogP contribution is -1.90. The number of rotatable bonds is 4. The quantitative estimate of drug-likeness (QED) is 0.792. The molecule has 0 atom stereocenters. The van der Waals surface area contributed by atoms with Crippen LogP contribution in [0.5, 0.6) is 11.5 Å². The summed E-state index contributed by atoms with van der Waals surface area (Å²) in [6.07, 6.45) is 2.94. The SMILES string of the molecule is COc1cccc(C=CCC(=O)O)c1O. The molecule has 0 aliphatic heterocycles. The van der Waals surface area contributed by atoms with Gasteiger partial charge in [-0.1, -0.05) is 24.3 Å². The molecule has 0 unspecified atom stereocenters. The zero-order valence-corrected chi connectivity index (χ0v) is 8.30. The largest absolute Gasteiger partial charge is 0.504 e. The number of carboxylic acids is 1. The van der Waals surface area contributed by atoms with Gasteiger partial charge in [-0.25, -0.2) is 0 Å². The second kappa shape index (κ2) is 5.05. The van der Waals surface area contributed by atoms with Gasteiger partial charge in [-0.05, 0) is 6.07 Å². The van der Waals surface area contributed by atoms with Crippen molar-refractivity contribution in [3.05, 3.63) is 29.8 Å². The molecule has 1 aromatic carbocycles. The molecule has 0 radical (unpaired) electrons. The Labute approximate surface area is 87.4 Å². The summed E-state index contributed by atoms with van der Waals surface area (Å²) in [7, 11) is 1.46. The fourth-order valence-corrected chi connectivity index (χ4v) is 1.13. The summed E-state index contributed by atoms with van der Waals surface area (Å²) < 4.78 is 4.91. The van der Waals surface area contributed by atoms with Crippen LogP contribution in [0, 0.1) is 0 Å². The summed E-state index contributed by atoms with van der Waals surface area (Å²) in [6.45, 7) is 0. The topological polar surface area (TPSA) is 66.8 Å². The van der Waals surface area contributed by atoms with Crippen LogP contribution in [0.3, 0.4) is 0 Å². The van der Waals surface area contributed by atoms with Crippen molar-refractivity contribution in [1.29, 1.82) is 0 Å². The van der Waals surface area contributed by atoms with Crippen LogP contribution >= 0.6 is 0 Å². The first-order valence-corrected chi connectivity index (χ1v) is 4.39. The normalized spacial score (nSPS) is 10.5. The number of phenols is 1. The molecule has 0 saturated carbocycles. The van der Waals surface area contributed by atoms with Gasteiger partial charge in [0, 0.05) is 5.56 Å². The average molecular weight is 208 g/mol. The molecule has 4 nitrogen and oxygen atoms in total. The number of methoxy groups -OCH3 is 1. The summed E-state index contributed by atoms with van der Waals surface area (Å²) in [5.41, 5.74) is 0.538. The number of carbonyl (C=O) groups is 1. The van der Waals surface area contributed by atoms with E-state index in [1.807, 2.05) is 0 Å². The summed E-state index contributed by atoms with van der Waals surface area (Å²) in [5.74, 6) is -0.525. The van der Waals surface area contributed by atoms with Crippen LogP contribution in [0.15, 0.2) is 24.3 Å². The van der Waals surface area contributed by atoms with Gasteiger partial charge in [0.2, 0.25) is 0 Å². The van der Waals surface area contributed by atoms with Crippen LogP contribution < -0.4 is 4.74 Å². The summed E-state index contributed by atoms with van der Waals surface area (Å²) >= 11 is 0. The van der Waals surface area contributed by atoms with Crippen molar-refractivity contribution in [2.24, 2.45) is 0 Å². The maximum Gasteiger partial charge on any atom is 0.307 e. The van der Waals surface area contributed by atoms with Crippen molar-refractivity contribution < 1.29 is 19.7 Å². The fourth-order valence-electron chi connectivity index (χ4n) is 1.13. The number of para-hydroxylation sites is 1. The first-order chi connectivity index (χ1) is 7.15. The number of benzene rings is 1. The molecule has 0 spiro atoms. The Balaban J connectivity index is 2.85. The highest BCUT2D eigenvalue weighted by Gasteiger charge is 2.03. The Morgan fingerprint density at radius 1 is 1.53 bits per heavy atom. The van der Waals surface area contributed by atoms with E-state index in [0.717, 1.165) is 0 Å². The Hall–Kier alpha value is -1.97. The van der Waals surface area contributed by atoms with Gasteiger partial charge in [0.1, 0.15) is 0 Å². The Morgan fingerprint density at radius 3 is 2.87 bits per heavy atom. The van der Waals surface area contributed by atoms with Crippen molar-refractivity contribution >= 4 is 12.0 Å². The van der Waals surface area contributed by atoms with E-state index >= 15 is 0 Å². The number of aromatic hydroxyl groups is 1. The maximum atomic E-state index is 10.3. The summed E-state index contributed by atoms with van der Waals surface area (Å²) in [5, 5.41) is 18.1. The summed E-state index contributed by atoms with van der Waals surface area (Å²) in [4.78, 5) is 10.3. The molecule has 0 bridgehead atoms. The van der Waals surface area contributed by atoms with Crippen molar-refractivity contribution in [1.82, 2.24) is 0 Å². The van der Waals surface area contributed by atoms with Crippen molar-refractivity contribution in [2.75, 3.05) is 7.11 Å². The molecule has 0 heterocycles. The Morgan fingerprint density at radius 2 is 2.27 bits per heavy atom. The highest BCUT2D eigenvalue weighted by atomic mass is 16.5. The lowest BCUT2D eigenvalue weighted by atomic mass is 10.1. The molecule has 0 aliphatic carbocycles. The summed E-state index contributed by atoms with van der Waals surface area (Å²) in [6, 6.07) is 5.03. The van der Waals surface area contributed by atoms with Gasteiger partial charge in [0.05, 0.1) is 13.5 Å². The van der Waals surface area contributed by atoms with Gasteiger partial charge in [-0.2, -0.15) is 0 Å². The van der Waals surface area contributed by atoms with Crippen LogP contribution in [-0.2, 0) is 4.79 Å². The van der Waals surface area contributed by atoms with Gasteiger partial charge in [0.15, 0.2) is 11.5 Å². The highest BCUT2D eigenvalue weighted by molar-refractivity contribution is 5.71. The third-order valence-corrected chi connectivity index (χ3v) is 1.84. The third kappa shape index (κ3) is 3.02. The average Bonchev–Trinajstić information content (AvgIpc) is 2.20. The van der Waals surface area contributed by atoms with Gasteiger partial charge in [-0.3, -0.25) is 4.79 Å². The molecule has 0 amide bonds. The first kappa shape index (κ1) is 11.1. The molecule has 80 valence electrons. The van der Waals surface area contributed by atoms with E-state index < -0.39 is 5.97 Å². The van der Waals surface area contributed by atoms with E-state index in [2.05, 4.69) is 0 Å². The maximum absolute atomic E-state index is 10.3. The number of hydrogen-bond acceptors (Lipinski definition) is 3. The molecule has 0 fully saturated rings. The van der Waals surface area contributed by atoms with E-state index in [1.54, 1.807) is 24.3 Å². The zero-order valence-electron chi connectivity index (χ0n) is 8.30. The first-order valence-electron chi connectivity index (χ1n) is 4.39. The molecule has 1 aromatic rings. The lowest BCUT2D eigenvalue weighted by molar-refractivity contribution is -0.135. The minimum Gasteiger partial charge on any atom is -0.504 e. The molecular weight excluding hydrogens is 196 g/mol. The van der Waals surface area contributed by atoms with Gasteiger partial charge in [0.25, 0.3) is 0 Å². The number of phenolic OH excluding ortho intramolecular Hbond substituents is 1. The molecule has 4 heteroatoms. The minimum absolute atomic E-state index is 0.0154. The van der Waals surface area contributed by atoms with E-state index in [1.165, 1.54) is 13.2 Å². The molecule has 0 saturated heterocycles.